The molecule has 2 fully saturated rings. The number of benzene rings is 1. The van der Waals surface area contributed by atoms with Gasteiger partial charge in [-0.25, -0.2) is 8.42 Å². The minimum atomic E-state index is -3.69. The van der Waals surface area contributed by atoms with Crippen LogP contribution in [0.4, 0.5) is 8.78 Å². The van der Waals surface area contributed by atoms with Crippen molar-refractivity contribution in [1.82, 2.24) is 9.62 Å². The van der Waals surface area contributed by atoms with Crippen LogP contribution < -0.4 is 10.1 Å². The third-order valence-corrected chi connectivity index (χ3v) is 8.67. The van der Waals surface area contributed by atoms with Crippen LogP contribution in [0.2, 0.25) is 0 Å². The number of hydrogen-bond acceptors (Lipinski definition) is 4. The predicted molar refractivity (Wildman–Crippen MR) is 118 cm³/mol. The van der Waals surface area contributed by atoms with E-state index in [2.05, 4.69) is 10.1 Å². The molecule has 1 saturated heterocycles. The quantitative estimate of drug-likeness (QED) is 0.683. The fourth-order valence-corrected chi connectivity index (χ4v) is 6.64. The number of aryl methyl sites for hydroxylation is 1. The molecule has 0 bridgehead atoms. The smallest absolute Gasteiger partial charge is 0.387 e. The lowest BCUT2D eigenvalue weighted by Crippen LogP contribution is -2.48. The predicted octanol–water partition coefficient (Wildman–Crippen LogP) is 4.07. The highest BCUT2D eigenvalue weighted by atomic mass is 32.2. The van der Waals surface area contributed by atoms with Gasteiger partial charge in [-0.1, -0.05) is 25.3 Å². The van der Waals surface area contributed by atoms with E-state index in [4.69, 9.17) is 0 Å². The van der Waals surface area contributed by atoms with Crippen molar-refractivity contribution in [3.8, 4) is 5.75 Å². The van der Waals surface area contributed by atoms with Crippen molar-refractivity contribution in [2.75, 3.05) is 13.1 Å². The number of ether oxygens (including phenoxy) is 1. The minimum absolute atomic E-state index is 0.0358. The van der Waals surface area contributed by atoms with Gasteiger partial charge in [-0.2, -0.15) is 13.1 Å². The van der Waals surface area contributed by atoms with Crippen LogP contribution in [0.25, 0.3) is 6.08 Å². The minimum Gasteiger partial charge on any atom is -0.435 e. The molecule has 2 aliphatic carbocycles. The Morgan fingerprint density at radius 3 is 2.62 bits per heavy atom. The number of rotatable bonds is 6. The van der Waals surface area contributed by atoms with Gasteiger partial charge in [0.15, 0.2) is 0 Å². The van der Waals surface area contributed by atoms with Gasteiger partial charge in [0.25, 0.3) is 0 Å². The van der Waals surface area contributed by atoms with Crippen LogP contribution in [-0.4, -0.2) is 44.4 Å². The lowest BCUT2D eigenvalue weighted by Gasteiger charge is -2.33. The van der Waals surface area contributed by atoms with E-state index in [0.717, 1.165) is 31.2 Å². The van der Waals surface area contributed by atoms with Gasteiger partial charge in [0.2, 0.25) is 15.9 Å². The number of hydrogen-bond donors (Lipinski definition) is 1. The summed E-state index contributed by atoms with van der Waals surface area (Å²) in [7, 11) is -3.69. The van der Waals surface area contributed by atoms with E-state index in [1.54, 1.807) is 12.1 Å². The van der Waals surface area contributed by atoms with Gasteiger partial charge >= 0.3 is 6.61 Å². The first-order valence-corrected chi connectivity index (χ1v) is 12.9. The Morgan fingerprint density at radius 2 is 1.88 bits per heavy atom. The highest BCUT2D eigenvalue weighted by Gasteiger charge is 2.35. The molecule has 0 radical (unpaired) electrons. The lowest BCUT2D eigenvalue weighted by molar-refractivity contribution is -0.127. The molecule has 3 aliphatic rings. The molecule has 4 rings (SSSR count). The van der Waals surface area contributed by atoms with Crippen molar-refractivity contribution in [3.05, 3.63) is 34.2 Å². The van der Waals surface area contributed by atoms with Crippen LogP contribution in [0.5, 0.6) is 5.75 Å². The summed E-state index contributed by atoms with van der Waals surface area (Å²) < 4.78 is 57.4. The van der Waals surface area contributed by atoms with Gasteiger partial charge in [-0.05, 0) is 67.9 Å². The van der Waals surface area contributed by atoms with E-state index < -0.39 is 16.6 Å². The van der Waals surface area contributed by atoms with Crippen LogP contribution in [0.3, 0.4) is 0 Å². The summed E-state index contributed by atoms with van der Waals surface area (Å²) in [5.74, 6) is -0.293. The maximum Gasteiger partial charge on any atom is 0.387 e. The molecule has 0 spiro atoms. The average Bonchev–Trinajstić information content (AvgIpc) is 2.79. The van der Waals surface area contributed by atoms with Crippen LogP contribution in [0.1, 0.15) is 62.5 Å². The van der Waals surface area contributed by atoms with Gasteiger partial charge < -0.3 is 10.1 Å². The summed E-state index contributed by atoms with van der Waals surface area (Å²) >= 11 is 0. The molecule has 9 heteroatoms. The van der Waals surface area contributed by atoms with Gasteiger partial charge in [0.05, 0.1) is 10.8 Å². The molecular weight excluding hydrogens is 438 g/mol. The van der Waals surface area contributed by atoms with E-state index in [1.807, 2.05) is 0 Å². The second-order valence-electron chi connectivity index (χ2n) is 8.90. The summed E-state index contributed by atoms with van der Waals surface area (Å²) in [4.78, 5) is 13.1. The Balaban J connectivity index is 1.44. The van der Waals surface area contributed by atoms with Crippen LogP contribution in [-0.2, 0) is 21.2 Å². The average molecular weight is 469 g/mol. The third-order valence-electron chi connectivity index (χ3n) is 6.67. The van der Waals surface area contributed by atoms with E-state index in [0.29, 0.717) is 42.7 Å². The molecule has 1 saturated carbocycles. The highest BCUT2D eigenvalue weighted by molar-refractivity contribution is 7.93. The number of alkyl halides is 2. The summed E-state index contributed by atoms with van der Waals surface area (Å²) in [6, 6.07) is 4.77. The van der Waals surface area contributed by atoms with Crippen molar-refractivity contribution in [2.24, 2.45) is 5.92 Å². The van der Waals surface area contributed by atoms with Crippen molar-refractivity contribution in [3.63, 3.8) is 0 Å². The Morgan fingerprint density at radius 1 is 1.09 bits per heavy atom. The fourth-order valence-electron chi connectivity index (χ4n) is 4.93. The monoisotopic (exact) mass is 468 g/mol. The lowest BCUT2D eigenvalue weighted by atomic mass is 9.93. The first-order valence-electron chi connectivity index (χ1n) is 11.4. The zero-order valence-corrected chi connectivity index (χ0v) is 18.9. The first-order chi connectivity index (χ1) is 15.3. The van der Waals surface area contributed by atoms with Gasteiger partial charge in [0.1, 0.15) is 5.75 Å². The summed E-state index contributed by atoms with van der Waals surface area (Å²) in [6.45, 7) is -2.29. The normalized spacial score (nSPS) is 22.8. The van der Waals surface area contributed by atoms with E-state index >= 15 is 0 Å². The maximum absolute atomic E-state index is 13.3. The summed E-state index contributed by atoms with van der Waals surface area (Å²) in [5, 5.41) is 3.13. The Kier molecular flexibility index (Phi) is 7.14. The number of carbonyl (C=O) groups is 1. The number of allylic oxidation sites excluding steroid dienone is 1. The number of nitrogens with one attached hydrogen (secondary N) is 1. The molecule has 1 unspecified atom stereocenters. The molecule has 1 heterocycles. The molecule has 1 aromatic carbocycles. The Labute approximate surface area is 188 Å². The Hall–Kier alpha value is -2.00. The number of halogens is 2. The first kappa shape index (κ1) is 23.2. The van der Waals surface area contributed by atoms with Gasteiger partial charge in [0, 0.05) is 19.1 Å². The van der Waals surface area contributed by atoms with E-state index in [1.165, 1.54) is 22.9 Å². The van der Waals surface area contributed by atoms with Crippen LogP contribution >= 0.6 is 0 Å². The molecule has 6 nitrogen and oxygen atoms in total. The van der Waals surface area contributed by atoms with E-state index in [-0.39, 0.29) is 30.2 Å². The third kappa shape index (κ3) is 5.31. The molecule has 1 aliphatic heterocycles. The standard InChI is InChI=1S/C23H30F2N2O4S/c24-23(25)31-20-10-8-17-14-21(11-9-16(17)13-20)32(29,30)27-12-4-5-18(15-27)22(28)26-19-6-2-1-3-7-19/h8,10,13-14,18-19,23H,1-7,9,11-12,15H2,(H,26,28). The number of nitrogens with zero attached hydrogens (tertiary/aromatic N) is 1. The van der Waals surface area contributed by atoms with Crippen LogP contribution in [0.15, 0.2) is 23.1 Å². The molecule has 0 aromatic heterocycles. The van der Waals surface area contributed by atoms with E-state index in [9.17, 15) is 22.0 Å². The Bertz CT molecular complexity index is 974. The molecule has 1 atom stereocenters. The molecule has 1 N–H and O–H groups in total. The second kappa shape index (κ2) is 9.87. The summed E-state index contributed by atoms with van der Waals surface area (Å²) in [6.07, 6.45) is 9.14. The van der Waals surface area contributed by atoms with Crippen LogP contribution in [0, 0.1) is 5.92 Å². The van der Waals surface area contributed by atoms with Gasteiger partial charge in [-0.3, -0.25) is 4.79 Å². The van der Waals surface area contributed by atoms with Crippen molar-refractivity contribution in [2.45, 2.75) is 70.4 Å². The van der Waals surface area contributed by atoms with Crippen molar-refractivity contribution < 1.29 is 26.7 Å². The fraction of sp³-hybridized carbons (Fsp3) is 0.609. The van der Waals surface area contributed by atoms with Crippen molar-refractivity contribution in [1.29, 1.82) is 0 Å². The zero-order chi connectivity index (χ0) is 22.7. The topological polar surface area (TPSA) is 75.7 Å². The molecular formula is C23H30F2N2O4S. The van der Waals surface area contributed by atoms with Crippen molar-refractivity contribution >= 4 is 22.0 Å². The summed E-state index contributed by atoms with van der Waals surface area (Å²) in [5.41, 5.74) is 1.48. The van der Waals surface area contributed by atoms with Gasteiger partial charge in [-0.15, -0.1) is 0 Å². The number of carbonyl (C=O) groups excluding carboxylic acids is 1. The zero-order valence-electron chi connectivity index (χ0n) is 18.1. The number of piperidine rings is 1. The second-order valence-corrected chi connectivity index (χ2v) is 10.9. The molecule has 1 aromatic rings. The molecule has 1 amide bonds. The number of fused-ring (bicyclic) bond motifs is 1. The SMILES string of the molecule is O=C(NC1CCCCC1)C1CCCN(S(=O)(=O)C2=Cc3ccc(OC(F)F)cc3CC2)C1. The largest absolute Gasteiger partial charge is 0.435 e. The molecule has 176 valence electrons. The highest BCUT2D eigenvalue weighted by Crippen LogP contribution is 2.33. The number of amides is 1. The maximum atomic E-state index is 13.3. The number of sulfonamides is 1. The molecule has 32 heavy (non-hydrogen) atoms.